The minimum Gasteiger partial charge on any atom is -0.352 e. The summed E-state index contributed by atoms with van der Waals surface area (Å²) in [6.07, 6.45) is 5.54. The molecule has 42 heavy (non-hydrogen) atoms. The fraction of sp³-hybridized carbons (Fsp3) is 0.394. The van der Waals surface area contributed by atoms with Crippen molar-refractivity contribution in [3.63, 3.8) is 0 Å². The molecule has 1 fully saturated rings. The number of carbonyl (C=O) groups is 2. The van der Waals surface area contributed by atoms with Crippen LogP contribution in [-0.4, -0.2) is 43.8 Å². The number of carbonyl (C=O) groups excluding carboxylic acids is 2. The lowest BCUT2D eigenvalue weighted by molar-refractivity contribution is -0.140. The van der Waals surface area contributed by atoms with Gasteiger partial charge in [-0.1, -0.05) is 85.8 Å². The van der Waals surface area contributed by atoms with Crippen LogP contribution in [0.15, 0.2) is 77.7 Å². The second-order valence-electron chi connectivity index (χ2n) is 11.0. The largest absolute Gasteiger partial charge is 0.352 e. The molecule has 7 nitrogen and oxygen atoms in total. The van der Waals surface area contributed by atoms with Crippen molar-refractivity contribution in [2.24, 2.45) is 0 Å². The second-order valence-corrected chi connectivity index (χ2v) is 13.3. The molecule has 2 amide bonds. The van der Waals surface area contributed by atoms with Crippen molar-refractivity contribution in [2.75, 3.05) is 10.8 Å². The minimum absolute atomic E-state index is 0.0759. The van der Waals surface area contributed by atoms with Crippen molar-refractivity contribution in [1.29, 1.82) is 0 Å². The first-order chi connectivity index (χ1) is 20.1. The Labute approximate surface area is 254 Å². The smallest absolute Gasteiger partial charge is 0.264 e. The summed E-state index contributed by atoms with van der Waals surface area (Å²) in [7, 11) is -4.14. The molecule has 0 bridgehead atoms. The number of halogens is 1. The van der Waals surface area contributed by atoms with Crippen molar-refractivity contribution < 1.29 is 18.0 Å². The van der Waals surface area contributed by atoms with Gasteiger partial charge in [0, 0.05) is 17.6 Å². The third kappa shape index (κ3) is 7.72. The Morgan fingerprint density at radius 3 is 2.24 bits per heavy atom. The molecule has 1 saturated carbocycles. The number of benzene rings is 3. The molecule has 0 aromatic heterocycles. The van der Waals surface area contributed by atoms with Gasteiger partial charge in [0.15, 0.2) is 0 Å². The number of nitrogens with zero attached hydrogens (tertiary/aromatic N) is 2. The summed E-state index contributed by atoms with van der Waals surface area (Å²) in [5, 5.41) is 3.64. The van der Waals surface area contributed by atoms with E-state index in [1.807, 2.05) is 44.2 Å². The van der Waals surface area contributed by atoms with Gasteiger partial charge in [-0.05, 0) is 74.6 Å². The quantitative estimate of drug-likeness (QED) is 0.272. The Morgan fingerprint density at radius 2 is 1.62 bits per heavy atom. The maximum absolute atomic E-state index is 14.3. The summed E-state index contributed by atoms with van der Waals surface area (Å²) in [6, 6.07) is 20.2. The Balaban J connectivity index is 1.72. The topological polar surface area (TPSA) is 86.8 Å². The Bertz CT molecular complexity index is 1470. The Morgan fingerprint density at radius 1 is 0.952 bits per heavy atom. The van der Waals surface area contributed by atoms with E-state index < -0.39 is 28.5 Å². The molecule has 1 atom stereocenters. The van der Waals surface area contributed by atoms with Crippen LogP contribution in [0.25, 0.3) is 0 Å². The molecule has 224 valence electrons. The normalized spacial score (nSPS) is 14.7. The third-order valence-corrected chi connectivity index (χ3v) is 9.86. The Hall–Kier alpha value is -3.36. The van der Waals surface area contributed by atoms with E-state index in [2.05, 4.69) is 5.32 Å². The lowest BCUT2D eigenvalue weighted by Gasteiger charge is -2.34. The average Bonchev–Trinajstić information content (AvgIpc) is 2.97. The van der Waals surface area contributed by atoms with Crippen LogP contribution in [0.3, 0.4) is 0 Å². The first-order valence-corrected chi connectivity index (χ1v) is 16.4. The van der Waals surface area contributed by atoms with E-state index in [1.54, 1.807) is 49.4 Å². The fourth-order valence-electron chi connectivity index (χ4n) is 5.49. The van der Waals surface area contributed by atoms with Gasteiger partial charge in [0.05, 0.1) is 10.6 Å². The average molecular weight is 610 g/mol. The summed E-state index contributed by atoms with van der Waals surface area (Å²) in [4.78, 5) is 29.5. The van der Waals surface area contributed by atoms with Crippen LogP contribution < -0.4 is 9.62 Å². The molecule has 9 heteroatoms. The van der Waals surface area contributed by atoms with Gasteiger partial charge in [-0.15, -0.1) is 0 Å². The van der Waals surface area contributed by atoms with Gasteiger partial charge in [0.2, 0.25) is 11.8 Å². The van der Waals surface area contributed by atoms with Crippen molar-refractivity contribution in [3.8, 4) is 0 Å². The zero-order chi connectivity index (χ0) is 30.3. The van der Waals surface area contributed by atoms with Gasteiger partial charge >= 0.3 is 0 Å². The number of nitrogens with one attached hydrogen (secondary N) is 1. The predicted molar refractivity (Wildman–Crippen MR) is 168 cm³/mol. The molecule has 0 aliphatic heterocycles. The Kier molecular flexibility index (Phi) is 10.7. The van der Waals surface area contributed by atoms with E-state index in [-0.39, 0.29) is 23.4 Å². The molecule has 1 N–H and O–H groups in total. The zero-order valence-corrected chi connectivity index (χ0v) is 26.1. The molecule has 0 radical (unpaired) electrons. The number of hydrogen-bond donors (Lipinski definition) is 1. The highest BCUT2D eigenvalue weighted by Crippen LogP contribution is 2.30. The van der Waals surface area contributed by atoms with E-state index in [4.69, 9.17) is 11.6 Å². The lowest BCUT2D eigenvalue weighted by Crippen LogP contribution is -2.54. The molecular formula is C33H40ClN3O4S. The first kappa shape index (κ1) is 31.6. The van der Waals surface area contributed by atoms with Gasteiger partial charge in [-0.25, -0.2) is 8.42 Å². The van der Waals surface area contributed by atoms with Crippen LogP contribution in [-0.2, 0) is 26.2 Å². The third-order valence-electron chi connectivity index (χ3n) is 7.85. The van der Waals surface area contributed by atoms with Gasteiger partial charge < -0.3 is 10.2 Å². The van der Waals surface area contributed by atoms with Crippen LogP contribution in [0.4, 0.5) is 5.69 Å². The van der Waals surface area contributed by atoms with Gasteiger partial charge in [0.25, 0.3) is 10.0 Å². The summed E-state index contributed by atoms with van der Waals surface area (Å²) in [6.45, 7) is 5.22. The van der Waals surface area contributed by atoms with Crippen LogP contribution in [0.1, 0.15) is 62.1 Å². The van der Waals surface area contributed by atoms with E-state index >= 15 is 0 Å². The number of hydrogen-bond acceptors (Lipinski definition) is 4. The second kappa shape index (κ2) is 14.2. The fourth-order valence-corrected chi connectivity index (χ4v) is 7.20. The molecule has 3 aromatic carbocycles. The monoisotopic (exact) mass is 609 g/mol. The van der Waals surface area contributed by atoms with Crippen molar-refractivity contribution in [1.82, 2.24) is 10.2 Å². The van der Waals surface area contributed by atoms with Crippen LogP contribution >= 0.6 is 11.6 Å². The molecule has 1 aliphatic carbocycles. The summed E-state index contributed by atoms with van der Waals surface area (Å²) >= 11 is 6.20. The van der Waals surface area contributed by atoms with Gasteiger partial charge in [-0.2, -0.15) is 0 Å². The molecule has 0 spiro atoms. The maximum Gasteiger partial charge on any atom is 0.264 e. The number of anilines is 1. The van der Waals surface area contributed by atoms with E-state index in [9.17, 15) is 18.0 Å². The highest BCUT2D eigenvalue weighted by atomic mass is 35.5. The number of rotatable bonds is 11. The predicted octanol–water partition coefficient (Wildman–Crippen LogP) is 6.41. The van der Waals surface area contributed by atoms with Gasteiger partial charge in [-0.3, -0.25) is 13.9 Å². The van der Waals surface area contributed by atoms with E-state index in [1.165, 1.54) is 4.90 Å². The first-order valence-electron chi connectivity index (χ1n) is 14.6. The van der Waals surface area contributed by atoms with Crippen molar-refractivity contribution in [2.45, 2.75) is 82.8 Å². The number of sulfonamides is 1. The number of amides is 2. The molecule has 0 saturated heterocycles. The highest BCUT2D eigenvalue weighted by Gasteiger charge is 2.35. The minimum atomic E-state index is -4.14. The maximum atomic E-state index is 14.3. The summed E-state index contributed by atoms with van der Waals surface area (Å²) in [5.74, 6) is -0.668. The van der Waals surface area contributed by atoms with Crippen molar-refractivity contribution >= 4 is 39.1 Å². The standard InChI is InChI=1S/C33H40ClN3O4S/c1-4-30(33(39)35-28-13-9-6-10-14-28)36(22-26-11-7-5-8-12-26)32(38)23-37(31-20-17-27(34)21-25(31)3)42(40,41)29-18-15-24(2)16-19-29/h5,7-8,11-12,15-21,28,30H,4,6,9-10,13-14,22-23H2,1-3H3,(H,35,39)/t30-/m1/s1. The molecular weight excluding hydrogens is 570 g/mol. The molecule has 3 aromatic rings. The molecule has 1 aliphatic rings. The lowest BCUT2D eigenvalue weighted by atomic mass is 9.95. The number of aryl methyl sites for hydroxylation is 2. The van der Waals surface area contributed by atoms with Crippen LogP contribution in [0.5, 0.6) is 0 Å². The molecule has 0 unspecified atom stereocenters. The summed E-state index contributed by atoms with van der Waals surface area (Å²) < 4.78 is 29.3. The van der Waals surface area contributed by atoms with Crippen LogP contribution in [0, 0.1) is 13.8 Å². The van der Waals surface area contributed by atoms with E-state index in [0.29, 0.717) is 22.7 Å². The molecule has 4 rings (SSSR count). The SMILES string of the molecule is CC[C@H](C(=O)NC1CCCCC1)N(Cc1ccccc1)C(=O)CN(c1ccc(Cl)cc1C)S(=O)(=O)c1ccc(C)cc1. The zero-order valence-electron chi connectivity index (χ0n) is 24.6. The highest BCUT2D eigenvalue weighted by molar-refractivity contribution is 7.92. The van der Waals surface area contributed by atoms with Crippen molar-refractivity contribution in [3.05, 3.63) is 94.5 Å². The van der Waals surface area contributed by atoms with Gasteiger partial charge in [0.1, 0.15) is 12.6 Å². The van der Waals surface area contributed by atoms with Crippen LogP contribution in [0.2, 0.25) is 5.02 Å². The molecule has 0 heterocycles. The van der Waals surface area contributed by atoms with E-state index in [0.717, 1.165) is 47.5 Å². The summed E-state index contributed by atoms with van der Waals surface area (Å²) in [5.41, 5.74) is 2.74.